The molecule has 1 heterocycles. The van der Waals surface area contributed by atoms with E-state index in [-0.39, 0.29) is 23.3 Å². The molecule has 156 valence electrons. The van der Waals surface area contributed by atoms with E-state index in [4.69, 9.17) is 0 Å². The highest BCUT2D eigenvalue weighted by atomic mass is 32.2. The van der Waals surface area contributed by atoms with Gasteiger partial charge in [-0.15, -0.1) is 0 Å². The lowest BCUT2D eigenvalue weighted by atomic mass is 10.1. The molecule has 0 radical (unpaired) electrons. The van der Waals surface area contributed by atoms with Crippen molar-refractivity contribution in [3.63, 3.8) is 0 Å². The molecule has 0 spiro atoms. The SMILES string of the molecule is O=C(NC1CCCC1)[C@H](Cc1ccccc1)NS(=O)(=O)c1cccc2cccnc12. The Labute approximate surface area is 176 Å². The predicted octanol–water partition coefficient (Wildman–Crippen LogP) is 3.18. The number of nitrogens with zero attached hydrogens (tertiary/aromatic N) is 1. The van der Waals surface area contributed by atoms with Gasteiger partial charge in [-0.2, -0.15) is 4.72 Å². The lowest BCUT2D eigenvalue weighted by Crippen LogP contribution is -2.50. The van der Waals surface area contributed by atoms with Gasteiger partial charge in [0.05, 0.1) is 5.52 Å². The van der Waals surface area contributed by atoms with Crippen molar-refractivity contribution in [2.45, 2.75) is 49.1 Å². The second kappa shape index (κ2) is 8.93. The van der Waals surface area contributed by atoms with Gasteiger partial charge in [-0.05, 0) is 37.0 Å². The molecule has 1 amide bonds. The number of carbonyl (C=O) groups is 1. The molecule has 7 heteroatoms. The standard InChI is InChI=1S/C23H25N3O3S/c27-23(25-19-12-4-5-13-19)20(16-17-8-2-1-3-9-17)26-30(28,29)21-14-6-10-18-11-7-15-24-22(18)21/h1-3,6-11,14-15,19-20,26H,4-5,12-13,16H2,(H,25,27)/t20-/m0/s1. The Bertz CT molecular complexity index is 1120. The smallest absolute Gasteiger partial charge is 0.243 e. The molecule has 0 unspecified atom stereocenters. The number of nitrogens with one attached hydrogen (secondary N) is 2. The summed E-state index contributed by atoms with van der Waals surface area (Å²) in [5.41, 5.74) is 1.28. The van der Waals surface area contributed by atoms with Crippen LogP contribution in [0.15, 0.2) is 71.8 Å². The average molecular weight is 424 g/mol. The normalized spacial score (nSPS) is 15.9. The van der Waals surface area contributed by atoms with Gasteiger partial charge in [0.2, 0.25) is 15.9 Å². The van der Waals surface area contributed by atoms with Gasteiger partial charge in [-0.3, -0.25) is 9.78 Å². The largest absolute Gasteiger partial charge is 0.352 e. The number of aromatic nitrogens is 1. The summed E-state index contributed by atoms with van der Waals surface area (Å²) in [6.45, 7) is 0. The van der Waals surface area contributed by atoms with Crippen LogP contribution in [0.3, 0.4) is 0 Å². The Morgan fingerprint density at radius 2 is 1.73 bits per heavy atom. The first-order valence-corrected chi connectivity index (χ1v) is 11.7. The highest BCUT2D eigenvalue weighted by molar-refractivity contribution is 7.89. The minimum absolute atomic E-state index is 0.0762. The van der Waals surface area contributed by atoms with Crippen molar-refractivity contribution in [2.75, 3.05) is 0 Å². The molecule has 3 aromatic rings. The van der Waals surface area contributed by atoms with Crippen molar-refractivity contribution >= 4 is 26.8 Å². The van der Waals surface area contributed by atoms with Crippen LogP contribution >= 0.6 is 0 Å². The third-order valence-corrected chi connectivity index (χ3v) is 6.99. The third-order valence-electron chi connectivity index (χ3n) is 5.48. The van der Waals surface area contributed by atoms with E-state index < -0.39 is 16.1 Å². The summed E-state index contributed by atoms with van der Waals surface area (Å²) in [5.74, 6) is -0.289. The van der Waals surface area contributed by atoms with Crippen molar-refractivity contribution in [3.8, 4) is 0 Å². The van der Waals surface area contributed by atoms with Gasteiger partial charge in [0, 0.05) is 17.6 Å². The molecule has 1 aromatic heterocycles. The van der Waals surface area contributed by atoms with Crippen LogP contribution in [0, 0.1) is 0 Å². The van der Waals surface area contributed by atoms with E-state index in [0.717, 1.165) is 36.6 Å². The van der Waals surface area contributed by atoms with E-state index in [1.54, 1.807) is 18.3 Å². The van der Waals surface area contributed by atoms with Crippen molar-refractivity contribution in [2.24, 2.45) is 0 Å². The zero-order valence-electron chi connectivity index (χ0n) is 16.6. The first-order chi connectivity index (χ1) is 14.5. The first-order valence-electron chi connectivity index (χ1n) is 10.2. The molecule has 2 aromatic carbocycles. The molecule has 6 nitrogen and oxygen atoms in total. The number of fused-ring (bicyclic) bond motifs is 1. The van der Waals surface area contributed by atoms with Crippen LogP contribution in [-0.4, -0.2) is 31.4 Å². The summed E-state index contributed by atoms with van der Waals surface area (Å²) in [5, 5.41) is 3.76. The van der Waals surface area contributed by atoms with Crippen LogP contribution in [0.1, 0.15) is 31.2 Å². The van der Waals surface area contributed by atoms with E-state index in [1.807, 2.05) is 42.5 Å². The van der Waals surface area contributed by atoms with Gasteiger partial charge in [-0.25, -0.2) is 8.42 Å². The van der Waals surface area contributed by atoms with Crippen molar-refractivity contribution in [1.82, 2.24) is 15.0 Å². The number of para-hydroxylation sites is 1. The van der Waals surface area contributed by atoms with Crippen LogP contribution in [0.5, 0.6) is 0 Å². The maximum Gasteiger partial charge on any atom is 0.243 e. The Balaban J connectivity index is 1.63. The van der Waals surface area contributed by atoms with Crippen molar-refractivity contribution < 1.29 is 13.2 Å². The Kier molecular flexibility index (Phi) is 6.11. The van der Waals surface area contributed by atoms with Gasteiger partial charge >= 0.3 is 0 Å². The Morgan fingerprint density at radius 3 is 2.50 bits per heavy atom. The molecule has 4 rings (SSSR count). The molecular weight excluding hydrogens is 398 g/mol. The Hall–Kier alpha value is -2.77. The van der Waals surface area contributed by atoms with Crippen LogP contribution in [0.25, 0.3) is 10.9 Å². The lowest BCUT2D eigenvalue weighted by Gasteiger charge is -2.21. The van der Waals surface area contributed by atoms with Crippen LogP contribution in [0.4, 0.5) is 0 Å². The van der Waals surface area contributed by atoms with E-state index >= 15 is 0 Å². The number of rotatable bonds is 7. The molecule has 0 aliphatic heterocycles. The third kappa shape index (κ3) is 4.68. The molecule has 1 atom stereocenters. The van der Waals surface area contributed by atoms with E-state index in [9.17, 15) is 13.2 Å². The number of carbonyl (C=O) groups excluding carboxylic acids is 1. The number of hydrogen-bond acceptors (Lipinski definition) is 4. The molecular formula is C23H25N3O3S. The zero-order valence-corrected chi connectivity index (χ0v) is 17.4. The summed E-state index contributed by atoms with van der Waals surface area (Å²) in [4.78, 5) is 17.3. The van der Waals surface area contributed by atoms with Gasteiger partial charge in [0.15, 0.2) is 0 Å². The molecule has 1 saturated carbocycles. The average Bonchev–Trinajstić information content (AvgIpc) is 3.26. The summed E-state index contributed by atoms with van der Waals surface area (Å²) in [6.07, 6.45) is 5.88. The second-order valence-corrected chi connectivity index (χ2v) is 9.37. The molecule has 30 heavy (non-hydrogen) atoms. The van der Waals surface area contributed by atoms with E-state index in [1.165, 1.54) is 6.07 Å². The van der Waals surface area contributed by atoms with E-state index in [2.05, 4.69) is 15.0 Å². The molecule has 0 bridgehead atoms. The number of amides is 1. The summed E-state index contributed by atoms with van der Waals surface area (Å²) in [7, 11) is -3.96. The minimum atomic E-state index is -3.96. The molecule has 1 aliphatic carbocycles. The van der Waals surface area contributed by atoms with Crippen LogP contribution in [0.2, 0.25) is 0 Å². The van der Waals surface area contributed by atoms with Crippen LogP contribution in [-0.2, 0) is 21.2 Å². The highest BCUT2D eigenvalue weighted by Crippen LogP contribution is 2.22. The van der Waals surface area contributed by atoms with Crippen molar-refractivity contribution in [1.29, 1.82) is 0 Å². The maximum atomic E-state index is 13.3. The fourth-order valence-electron chi connectivity index (χ4n) is 3.95. The number of benzene rings is 2. The fraction of sp³-hybridized carbons (Fsp3) is 0.304. The summed E-state index contributed by atoms with van der Waals surface area (Å²) < 4.78 is 29.2. The molecule has 2 N–H and O–H groups in total. The first kappa shape index (κ1) is 20.5. The van der Waals surface area contributed by atoms with E-state index in [0.29, 0.717) is 5.52 Å². The lowest BCUT2D eigenvalue weighted by molar-refractivity contribution is -0.123. The highest BCUT2D eigenvalue weighted by Gasteiger charge is 2.29. The topological polar surface area (TPSA) is 88.2 Å². The monoisotopic (exact) mass is 423 g/mol. The quantitative estimate of drug-likeness (QED) is 0.611. The number of sulfonamides is 1. The number of pyridine rings is 1. The van der Waals surface area contributed by atoms with Crippen molar-refractivity contribution in [3.05, 3.63) is 72.4 Å². The maximum absolute atomic E-state index is 13.3. The van der Waals surface area contributed by atoms with Gasteiger partial charge in [-0.1, -0.05) is 61.4 Å². The van der Waals surface area contributed by atoms with Crippen LogP contribution < -0.4 is 10.0 Å². The zero-order chi connectivity index (χ0) is 21.0. The van der Waals surface area contributed by atoms with Gasteiger partial charge in [0.25, 0.3) is 0 Å². The molecule has 1 aliphatic rings. The number of hydrogen-bond donors (Lipinski definition) is 2. The van der Waals surface area contributed by atoms with Gasteiger partial charge in [0.1, 0.15) is 10.9 Å². The minimum Gasteiger partial charge on any atom is -0.352 e. The Morgan fingerprint density at radius 1 is 1.00 bits per heavy atom. The predicted molar refractivity (Wildman–Crippen MR) is 116 cm³/mol. The van der Waals surface area contributed by atoms with Gasteiger partial charge < -0.3 is 5.32 Å². The molecule has 1 fully saturated rings. The molecule has 0 saturated heterocycles. The second-order valence-electron chi connectivity index (χ2n) is 7.68. The fourth-order valence-corrected chi connectivity index (χ4v) is 5.33. The summed E-state index contributed by atoms with van der Waals surface area (Å²) in [6, 6.07) is 17.2. The summed E-state index contributed by atoms with van der Waals surface area (Å²) >= 11 is 0.